The molecule has 0 bridgehead atoms. The van der Waals surface area contributed by atoms with E-state index in [1.807, 2.05) is 31.7 Å². The summed E-state index contributed by atoms with van der Waals surface area (Å²) in [5, 5.41) is 9.24. The van der Waals surface area contributed by atoms with Gasteiger partial charge in [-0.05, 0) is 32.4 Å². The molecule has 0 amide bonds. The molecule has 1 N–H and O–H groups in total. The fourth-order valence-electron chi connectivity index (χ4n) is 1.91. The zero-order chi connectivity index (χ0) is 13.0. The molecule has 17 heavy (non-hydrogen) atoms. The van der Waals surface area contributed by atoms with Crippen LogP contribution in [0.1, 0.15) is 29.8 Å². The minimum atomic E-state index is -0.890. The van der Waals surface area contributed by atoms with Gasteiger partial charge in [0.15, 0.2) is 0 Å². The normalized spacial score (nSPS) is 10.4. The maximum Gasteiger partial charge on any atom is 0.337 e. The van der Waals surface area contributed by atoms with E-state index >= 15 is 0 Å². The van der Waals surface area contributed by atoms with Crippen molar-refractivity contribution in [3.8, 4) is 0 Å². The van der Waals surface area contributed by atoms with E-state index < -0.39 is 5.97 Å². The minimum Gasteiger partial charge on any atom is -0.478 e. The van der Waals surface area contributed by atoms with Crippen molar-refractivity contribution in [2.45, 2.75) is 26.8 Å². The van der Waals surface area contributed by atoms with Crippen LogP contribution in [0.5, 0.6) is 0 Å². The molecule has 3 nitrogen and oxygen atoms in total. The van der Waals surface area contributed by atoms with E-state index in [-0.39, 0.29) is 6.04 Å². The molecule has 0 saturated heterocycles. The van der Waals surface area contributed by atoms with Gasteiger partial charge in [0.05, 0.1) is 11.3 Å². The summed E-state index contributed by atoms with van der Waals surface area (Å²) in [4.78, 5) is 13.3. The SMILES string of the molecule is C=CCN(c1c(C)cccc1C(=O)O)C(C)C. The van der Waals surface area contributed by atoms with Gasteiger partial charge in [-0.25, -0.2) is 4.79 Å². The first-order chi connectivity index (χ1) is 7.99. The number of aryl methyl sites for hydroxylation is 1. The Morgan fingerprint density at radius 1 is 1.53 bits per heavy atom. The molecule has 92 valence electrons. The third kappa shape index (κ3) is 2.87. The highest BCUT2D eigenvalue weighted by Gasteiger charge is 2.19. The number of carbonyl (C=O) groups is 1. The molecule has 1 aromatic rings. The number of rotatable bonds is 5. The molecule has 0 aliphatic heterocycles. The van der Waals surface area contributed by atoms with Gasteiger partial charge in [-0.3, -0.25) is 0 Å². The van der Waals surface area contributed by atoms with Crippen LogP contribution < -0.4 is 4.90 Å². The van der Waals surface area contributed by atoms with Crippen molar-refractivity contribution >= 4 is 11.7 Å². The van der Waals surface area contributed by atoms with Gasteiger partial charge in [-0.1, -0.05) is 18.2 Å². The number of anilines is 1. The van der Waals surface area contributed by atoms with Crippen LogP contribution in [0.25, 0.3) is 0 Å². The van der Waals surface area contributed by atoms with Crippen molar-refractivity contribution in [3.05, 3.63) is 42.0 Å². The lowest BCUT2D eigenvalue weighted by atomic mass is 10.1. The zero-order valence-corrected chi connectivity index (χ0v) is 10.6. The monoisotopic (exact) mass is 233 g/mol. The van der Waals surface area contributed by atoms with Crippen LogP contribution in [-0.2, 0) is 0 Å². The summed E-state index contributed by atoms with van der Waals surface area (Å²) >= 11 is 0. The summed E-state index contributed by atoms with van der Waals surface area (Å²) in [6, 6.07) is 5.57. The average Bonchev–Trinajstić information content (AvgIpc) is 2.25. The summed E-state index contributed by atoms with van der Waals surface area (Å²) < 4.78 is 0. The van der Waals surface area contributed by atoms with Crippen molar-refractivity contribution in [1.82, 2.24) is 0 Å². The molecular formula is C14H19NO2. The van der Waals surface area contributed by atoms with Gasteiger partial charge in [-0.2, -0.15) is 0 Å². The Bertz CT molecular complexity index is 424. The van der Waals surface area contributed by atoms with Crippen LogP contribution >= 0.6 is 0 Å². The number of hydrogen-bond donors (Lipinski definition) is 1. The lowest BCUT2D eigenvalue weighted by Gasteiger charge is -2.30. The fraction of sp³-hybridized carbons (Fsp3) is 0.357. The topological polar surface area (TPSA) is 40.5 Å². The molecule has 0 unspecified atom stereocenters. The first-order valence-electron chi connectivity index (χ1n) is 5.69. The van der Waals surface area contributed by atoms with Crippen molar-refractivity contribution in [2.75, 3.05) is 11.4 Å². The van der Waals surface area contributed by atoms with Crippen molar-refractivity contribution in [3.63, 3.8) is 0 Å². The van der Waals surface area contributed by atoms with Gasteiger partial charge in [0.1, 0.15) is 0 Å². The number of benzene rings is 1. The second-order valence-electron chi connectivity index (χ2n) is 4.31. The zero-order valence-electron chi connectivity index (χ0n) is 10.6. The number of para-hydroxylation sites is 1. The highest BCUT2D eigenvalue weighted by molar-refractivity contribution is 5.95. The fourth-order valence-corrected chi connectivity index (χ4v) is 1.91. The number of carboxylic acids is 1. The Balaban J connectivity index is 3.34. The molecule has 0 spiro atoms. The van der Waals surface area contributed by atoms with E-state index in [1.165, 1.54) is 0 Å². The van der Waals surface area contributed by atoms with Crippen LogP contribution in [-0.4, -0.2) is 23.7 Å². The largest absolute Gasteiger partial charge is 0.478 e. The van der Waals surface area contributed by atoms with Gasteiger partial charge >= 0.3 is 5.97 Å². The van der Waals surface area contributed by atoms with E-state index in [0.717, 1.165) is 11.3 Å². The highest BCUT2D eigenvalue weighted by Crippen LogP contribution is 2.27. The maximum absolute atomic E-state index is 11.3. The van der Waals surface area contributed by atoms with Gasteiger partial charge in [0.2, 0.25) is 0 Å². The summed E-state index contributed by atoms with van der Waals surface area (Å²) in [5.41, 5.74) is 2.11. The van der Waals surface area contributed by atoms with Crippen LogP contribution in [0.2, 0.25) is 0 Å². The Morgan fingerprint density at radius 3 is 2.65 bits per heavy atom. The van der Waals surface area contributed by atoms with Gasteiger partial charge < -0.3 is 10.0 Å². The summed E-state index contributed by atoms with van der Waals surface area (Å²) in [5.74, 6) is -0.890. The molecule has 0 radical (unpaired) electrons. The highest BCUT2D eigenvalue weighted by atomic mass is 16.4. The number of aromatic carboxylic acids is 1. The molecule has 0 aliphatic rings. The predicted octanol–water partition coefficient (Wildman–Crippen LogP) is 3.09. The molecule has 3 heteroatoms. The Morgan fingerprint density at radius 2 is 2.18 bits per heavy atom. The van der Waals surface area contributed by atoms with E-state index in [4.69, 9.17) is 0 Å². The number of hydrogen-bond acceptors (Lipinski definition) is 2. The second-order valence-corrected chi connectivity index (χ2v) is 4.31. The van der Waals surface area contributed by atoms with Crippen molar-refractivity contribution < 1.29 is 9.90 Å². The van der Waals surface area contributed by atoms with Crippen molar-refractivity contribution in [1.29, 1.82) is 0 Å². The van der Waals surface area contributed by atoms with Crippen LogP contribution in [0.15, 0.2) is 30.9 Å². The van der Waals surface area contributed by atoms with Crippen LogP contribution in [0.3, 0.4) is 0 Å². The average molecular weight is 233 g/mol. The lowest BCUT2D eigenvalue weighted by molar-refractivity contribution is 0.0697. The first-order valence-corrected chi connectivity index (χ1v) is 5.69. The Labute approximate surface area is 102 Å². The molecule has 0 aromatic heterocycles. The van der Waals surface area contributed by atoms with Crippen LogP contribution in [0.4, 0.5) is 5.69 Å². The molecule has 1 rings (SSSR count). The molecule has 0 atom stereocenters. The minimum absolute atomic E-state index is 0.229. The van der Waals surface area contributed by atoms with Gasteiger partial charge in [-0.15, -0.1) is 6.58 Å². The smallest absolute Gasteiger partial charge is 0.337 e. The Hall–Kier alpha value is -1.77. The van der Waals surface area contributed by atoms with E-state index in [9.17, 15) is 9.90 Å². The second kappa shape index (κ2) is 5.53. The van der Waals surface area contributed by atoms with E-state index in [0.29, 0.717) is 12.1 Å². The lowest BCUT2D eigenvalue weighted by Crippen LogP contribution is -2.32. The molecule has 1 aromatic carbocycles. The maximum atomic E-state index is 11.3. The standard InChI is InChI=1S/C14H19NO2/c1-5-9-15(10(2)3)13-11(4)7-6-8-12(13)14(16)17/h5-8,10H,1,9H2,2-4H3,(H,16,17). The quantitative estimate of drug-likeness (QED) is 0.794. The molecule has 0 aliphatic carbocycles. The summed E-state index contributed by atoms with van der Waals surface area (Å²) in [6.45, 7) is 10.4. The third-order valence-electron chi connectivity index (χ3n) is 2.70. The molecule has 0 heterocycles. The van der Waals surface area contributed by atoms with E-state index in [2.05, 4.69) is 6.58 Å². The summed E-state index contributed by atoms with van der Waals surface area (Å²) in [7, 11) is 0. The van der Waals surface area contributed by atoms with Gasteiger partial charge in [0.25, 0.3) is 0 Å². The molecule has 0 saturated carbocycles. The van der Waals surface area contributed by atoms with Crippen LogP contribution in [0, 0.1) is 6.92 Å². The Kier molecular flexibility index (Phi) is 4.32. The van der Waals surface area contributed by atoms with Crippen molar-refractivity contribution in [2.24, 2.45) is 0 Å². The third-order valence-corrected chi connectivity index (χ3v) is 2.70. The first kappa shape index (κ1) is 13.3. The number of carboxylic acid groups (broad SMARTS) is 1. The number of nitrogens with zero attached hydrogens (tertiary/aromatic N) is 1. The van der Waals surface area contributed by atoms with Gasteiger partial charge in [0, 0.05) is 12.6 Å². The summed E-state index contributed by atoms with van der Waals surface area (Å²) in [6.07, 6.45) is 1.79. The predicted molar refractivity (Wildman–Crippen MR) is 70.8 cm³/mol. The molecular weight excluding hydrogens is 214 g/mol. The van der Waals surface area contributed by atoms with E-state index in [1.54, 1.807) is 18.2 Å². The molecule has 0 fully saturated rings.